The van der Waals surface area contributed by atoms with Gasteiger partial charge in [0.05, 0.1) is 0 Å². The molecule has 6 nitrogen and oxygen atoms in total. The summed E-state index contributed by atoms with van der Waals surface area (Å²) in [6.07, 6.45) is 3.64. The van der Waals surface area contributed by atoms with Gasteiger partial charge < -0.3 is 9.42 Å². The maximum Gasteiger partial charge on any atom is 0.249 e. The van der Waals surface area contributed by atoms with Crippen LogP contribution in [0.3, 0.4) is 0 Å². The zero-order valence-corrected chi connectivity index (χ0v) is 13.9. The SMILES string of the molecule is Cc1cc(N2C(=O)C[C@@H](SC(=S)N3CCCCC3)C2=O)no1. The van der Waals surface area contributed by atoms with Crippen LogP contribution in [0.2, 0.25) is 0 Å². The van der Waals surface area contributed by atoms with Crippen molar-refractivity contribution in [2.24, 2.45) is 0 Å². The molecule has 2 saturated heterocycles. The summed E-state index contributed by atoms with van der Waals surface area (Å²) in [5, 5.41) is 3.30. The van der Waals surface area contributed by atoms with Gasteiger partial charge in [0.1, 0.15) is 15.3 Å². The highest BCUT2D eigenvalue weighted by atomic mass is 32.2. The van der Waals surface area contributed by atoms with Crippen LogP contribution in [0.15, 0.2) is 10.6 Å². The fourth-order valence-electron chi connectivity index (χ4n) is 2.67. The minimum absolute atomic E-state index is 0.156. The van der Waals surface area contributed by atoms with E-state index < -0.39 is 5.25 Å². The number of likely N-dealkylation sites (tertiary alicyclic amines) is 1. The Morgan fingerprint density at radius 2 is 2.09 bits per heavy atom. The van der Waals surface area contributed by atoms with Crippen molar-refractivity contribution in [3.05, 3.63) is 11.8 Å². The van der Waals surface area contributed by atoms with Gasteiger partial charge in [-0.1, -0.05) is 29.1 Å². The van der Waals surface area contributed by atoms with Gasteiger partial charge in [0.15, 0.2) is 5.82 Å². The van der Waals surface area contributed by atoms with E-state index in [4.69, 9.17) is 16.7 Å². The molecule has 0 radical (unpaired) electrons. The molecule has 0 aliphatic carbocycles. The third kappa shape index (κ3) is 3.03. The number of aromatic nitrogens is 1. The van der Waals surface area contributed by atoms with Crippen LogP contribution in [0.1, 0.15) is 31.4 Å². The molecule has 0 aromatic carbocycles. The Bertz CT molecular complexity index is 610. The number of anilines is 1. The lowest BCUT2D eigenvalue weighted by atomic mass is 10.1. The van der Waals surface area contributed by atoms with Gasteiger partial charge in [-0.15, -0.1) is 0 Å². The van der Waals surface area contributed by atoms with Crippen molar-refractivity contribution in [3.8, 4) is 0 Å². The molecular formula is C14H17N3O3S2. The molecular weight excluding hydrogens is 322 g/mol. The molecule has 1 aromatic rings. The van der Waals surface area contributed by atoms with E-state index in [1.54, 1.807) is 13.0 Å². The Morgan fingerprint density at radius 3 is 2.73 bits per heavy atom. The maximum absolute atomic E-state index is 12.5. The summed E-state index contributed by atoms with van der Waals surface area (Å²) in [7, 11) is 0. The minimum atomic E-state index is -0.459. The number of hydrogen-bond donors (Lipinski definition) is 0. The first-order chi connectivity index (χ1) is 10.6. The molecule has 2 amide bonds. The Labute approximate surface area is 138 Å². The molecule has 0 bridgehead atoms. The number of nitrogens with zero attached hydrogens (tertiary/aromatic N) is 3. The standard InChI is InChI=1S/C14H17N3O3S2/c1-9-7-11(15-20-9)17-12(18)8-10(13(17)19)22-14(21)16-5-3-2-4-6-16/h7,10H,2-6,8H2,1H3/t10-/m1/s1. The number of aryl methyl sites for hydroxylation is 1. The highest BCUT2D eigenvalue weighted by Gasteiger charge is 2.42. The Morgan fingerprint density at radius 1 is 1.36 bits per heavy atom. The van der Waals surface area contributed by atoms with Crippen molar-refractivity contribution in [2.45, 2.75) is 37.9 Å². The largest absolute Gasteiger partial charge is 0.360 e. The van der Waals surface area contributed by atoms with Gasteiger partial charge in [0.2, 0.25) is 11.8 Å². The van der Waals surface area contributed by atoms with Crippen LogP contribution in [0, 0.1) is 6.92 Å². The molecule has 3 heterocycles. The minimum Gasteiger partial charge on any atom is -0.360 e. The molecule has 22 heavy (non-hydrogen) atoms. The summed E-state index contributed by atoms with van der Waals surface area (Å²) >= 11 is 6.75. The number of thioether (sulfide) groups is 1. The van der Waals surface area contributed by atoms with Crippen LogP contribution in [0.4, 0.5) is 5.82 Å². The summed E-state index contributed by atoms with van der Waals surface area (Å²) < 4.78 is 5.66. The molecule has 0 spiro atoms. The van der Waals surface area contributed by atoms with E-state index in [1.165, 1.54) is 18.2 Å². The molecule has 2 aliphatic rings. The van der Waals surface area contributed by atoms with Gasteiger partial charge in [-0.2, -0.15) is 0 Å². The summed E-state index contributed by atoms with van der Waals surface area (Å²) in [4.78, 5) is 27.8. The first-order valence-corrected chi connectivity index (χ1v) is 8.61. The predicted molar refractivity (Wildman–Crippen MR) is 87.8 cm³/mol. The molecule has 2 aliphatic heterocycles. The van der Waals surface area contributed by atoms with Gasteiger partial charge in [-0.05, 0) is 26.2 Å². The number of rotatable bonds is 2. The lowest BCUT2D eigenvalue weighted by Gasteiger charge is -2.29. The second-order valence-electron chi connectivity index (χ2n) is 5.49. The molecule has 0 N–H and O–H groups in total. The average Bonchev–Trinajstić information content (AvgIpc) is 3.04. The maximum atomic E-state index is 12.5. The van der Waals surface area contributed by atoms with Crippen LogP contribution >= 0.6 is 24.0 Å². The molecule has 1 atom stereocenters. The van der Waals surface area contributed by atoms with Crippen LogP contribution in [0.25, 0.3) is 0 Å². The highest BCUT2D eigenvalue weighted by Crippen LogP contribution is 2.31. The van der Waals surface area contributed by atoms with Crippen molar-refractivity contribution in [1.82, 2.24) is 10.1 Å². The number of piperidine rings is 1. The third-order valence-corrected chi connectivity index (χ3v) is 5.47. The van der Waals surface area contributed by atoms with E-state index in [0.29, 0.717) is 10.1 Å². The Balaban J connectivity index is 1.67. The second-order valence-corrected chi connectivity index (χ2v) is 7.32. The third-order valence-electron chi connectivity index (χ3n) is 3.81. The zero-order chi connectivity index (χ0) is 15.7. The quantitative estimate of drug-likeness (QED) is 0.604. The van der Waals surface area contributed by atoms with Crippen molar-refractivity contribution in [3.63, 3.8) is 0 Å². The van der Waals surface area contributed by atoms with E-state index in [2.05, 4.69) is 10.1 Å². The summed E-state index contributed by atoms with van der Waals surface area (Å²) in [5.74, 6) is 0.315. The van der Waals surface area contributed by atoms with Gasteiger partial charge in [-0.3, -0.25) is 9.59 Å². The van der Waals surface area contributed by atoms with Gasteiger partial charge >= 0.3 is 0 Å². The van der Waals surface area contributed by atoms with Crippen LogP contribution in [-0.2, 0) is 9.59 Å². The smallest absolute Gasteiger partial charge is 0.249 e. The lowest BCUT2D eigenvalue weighted by molar-refractivity contribution is -0.121. The summed E-state index contributed by atoms with van der Waals surface area (Å²) in [6.45, 7) is 3.60. The molecule has 3 rings (SSSR count). The first kappa shape index (κ1) is 15.5. The van der Waals surface area contributed by atoms with E-state index >= 15 is 0 Å². The van der Waals surface area contributed by atoms with E-state index in [-0.39, 0.29) is 24.1 Å². The first-order valence-electron chi connectivity index (χ1n) is 7.32. The second kappa shape index (κ2) is 6.37. The molecule has 8 heteroatoms. The topological polar surface area (TPSA) is 66.7 Å². The Hall–Kier alpha value is -1.41. The molecule has 118 valence electrons. The van der Waals surface area contributed by atoms with Gasteiger partial charge in [0.25, 0.3) is 0 Å². The van der Waals surface area contributed by atoms with Crippen molar-refractivity contribution in [2.75, 3.05) is 18.0 Å². The number of hydrogen-bond acceptors (Lipinski definition) is 6. The fraction of sp³-hybridized carbons (Fsp3) is 0.571. The average molecular weight is 339 g/mol. The van der Waals surface area contributed by atoms with Crippen molar-refractivity contribution >= 4 is 45.9 Å². The number of carbonyl (C=O) groups is 2. The van der Waals surface area contributed by atoms with Crippen molar-refractivity contribution < 1.29 is 14.1 Å². The number of carbonyl (C=O) groups excluding carboxylic acids is 2. The Kier molecular flexibility index (Phi) is 4.49. The predicted octanol–water partition coefficient (Wildman–Crippen LogP) is 2.12. The van der Waals surface area contributed by atoms with Crippen molar-refractivity contribution in [1.29, 1.82) is 0 Å². The van der Waals surface area contributed by atoms with Crippen LogP contribution in [0.5, 0.6) is 0 Å². The zero-order valence-electron chi connectivity index (χ0n) is 12.3. The molecule has 0 unspecified atom stereocenters. The van der Waals surface area contributed by atoms with Gasteiger partial charge in [-0.25, -0.2) is 4.90 Å². The van der Waals surface area contributed by atoms with Gasteiger partial charge in [0, 0.05) is 25.6 Å². The van der Waals surface area contributed by atoms with E-state index in [9.17, 15) is 9.59 Å². The molecule has 0 saturated carbocycles. The normalized spacial score (nSPS) is 22.5. The van der Waals surface area contributed by atoms with E-state index in [0.717, 1.165) is 30.8 Å². The van der Waals surface area contributed by atoms with Crippen LogP contribution < -0.4 is 4.90 Å². The number of amides is 2. The summed E-state index contributed by atoms with van der Waals surface area (Å²) in [6, 6.07) is 1.59. The number of imide groups is 1. The van der Waals surface area contributed by atoms with Crippen LogP contribution in [-0.4, -0.2) is 44.5 Å². The number of thiocarbonyl (C=S) groups is 1. The lowest BCUT2D eigenvalue weighted by Crippen LogP contribution is -2.35. The molecule has 1 aromatic heterocycles. The summed E-state index contributed by atoms with van der Waals surface area (Å²) in [5.41, 5.74) is 0. The highest BCUT2D eigenvalue weighted by molar-refractivity contribution is 8.23. The molecule has 2 fully saturated rings. The fourth-order valence-corrected chi connectivity index (χ4v) is 4.21. The van der Waals surface area contributed by atoms with E-state index in [1.807, 2.05) is 0 Å². The monoisotopic (exact) mass is 339 g/mol.